The molecule has 0 saturated heterocycles. The number of hydrogen-bond acceptors (Lipinski definition) is 5. The van der Waals surface area contributed by atoms with Crippen molar-refractivity contribution >= 4 is 23.4 Å². The van der Waals surface area contributed by atoms with E-state index in [0.717, 1.165) is 33.8 Å². The third kappa shape index (κ3) is 5.15. The van der Waals surface area contributed by atoms with Gasteiger partial charge in [-0.05, 0) is 60.4 Å². The van der Waals surface area contributed by atoms with Gasteiger partial charge in [-0.15, -0.1) is 10.2 Å². The molecular weight excluding hydrogens is 444 g/mol. The van der Waals surface area contributed by atoms with Crippen molar-refractivity contribution in [1.82, 2.24) is 14.8 Å². The van der Waals surface area contributed by atoms with Gasteiger partial charge in [-0.3, -0.25) is 9.36 Å². The van der Waals surface area contributed by atoms with Gasteiger partial charge in [0, 0.05) is 16.9 Å². The van der Waals surface area contributed by atoms with Crippen LogP contribution in [0.3, 0.4) is 0 Å². The largest absolute Gasteiger partial charge is 0.497 e. The maximum absolute atomic E-state index is 12.9. The van der Waals surface area contributed by atoms with E-state index in [2.05, 4.69) is 35.4 Å². The second-order valence-corrected chi connectivity index (χ2v) is 9.18. The predicted octanol–water partition coefficient (Wildman–Crippen LogP) is 6.11. The second-order valence-electron chi connectivity index (χ2n) is 8.24. The fourth-order valence-corrected chi connectivity index (χ4v) is 4.50. The van der Waals surface area contributed by atoms with Crippen molar-refractivity contribution in [2.45, 2.75) is 31.8 Å². The van der Waals surface area contributed by atoms with Crippen molar-refractivity contribution in [3.63, 3.8) is 0 Å². The van der Waals surface area contributed by atoms with Crippen LogP contribution in [0.15, 0.2) is 78.0 Å². The number of carbonyl (C=O) groups is 1. The van der Waals surface area contributed by atoms with Gasteiger partial charge in [0.05, 0.1) is 12.9 Å². The summed E-state index contributed by atoms with van der Waals surface area (Å²) in [6.07, 6.45) is 0. The van der Waals surface area contributed by atoms with Gasteiger partial charge >= 0.3 is 0 Å². The zero-order valence-electron chi connectivity index (χ0n) is 19.8. The summed E-state index contributed by atoms with van der Waals surface area (Å²) in [5.74, 6) is 1.95. The monoisotopic (exact) mass is 472 g/mol. The third-order valence-electron chi connectivity index (χ3n) is 5.52. The molecule has 6 nitrogen and oxygen atoms in total. The number of thioether (sulfide) groups is 1. The molecule has 0 atom stereocenters. The maximum Gasteiger partial charge on any atom is 0.234 e. The van der Waals surface area contributed by atoms with Gasteiger partial charge in [0.2, 0.25) is 5.91 Å². The molecule has 1 aromatic heterocycles. The predicted molar refractivity (Wildman–Crippen MR) is 138 cm³/mol. The number of aryl methyl sites for hydroxylation is 1. The van der Waals surface area contributed by atoms with E-state index in [1.165, 1.54) is 11.8 Å². The van der Waals surface area contributed by atoms with E-state index >= 15 is 0 Å². The van der Waals surface area contributed by atoms with Crippen LogP contribution in [0.2, 0.25) is 0 Å². The first-order chi connectivity index (χ1) is 16.5. The molecule has 0 unspecified atom stereocenters. The molecule has 0 aliphatic rings. The molecule has 0 aliphatic heterocycles. The highest BCUT2D eigenvalue weighted by Crippen LogP contribution is 2.30. The van der Waals surface area contributed by atoms with Crippen molar-refractivity contribution in [3.8, 4) is 22.8 Å². The summed E-state index contributed by atoms with van der Waals surface area (Å²) in [5.41, 5.74) is 4.93. The Labute approximate surface area is 204 Å². The quantitative estimate of drug-likeness (QED) is 0.314. The van der Waals surface area contributed by atoms with E-state index in [9.17, 15) is 4.79 Å². The van der Waals surface area contributed by atoms with E-state index in [1.54, 1.807) is 7.11 Å². The Kier molecular flexibility index (Phi) is 7.33. The SMILES string of the molecule is COc1ccc(-c2nnc(SCC(=O)Nc3c(C)cccc3C(C)C)n2-c2ccccc2)cc1. The van der Waals surface area contributed by atoms with Crippen LogP contribution in [0, 0.1) is 6.92 Å². The molecule has 1 amide bonds. The zero-order valence-corrected chi connectivity index (χ0v) is 20.6. The molecule has 4 rings (SSSR count). The van der Waals surface area contributed by atoms with Crippen LogP contribution in [-0.2, 0) is 4.79 Å². The molecule has 4 aromatic rings. The molecular formula is C27H28N4O2S. The number of rotatable bonds is 8. The molecule has 7 heteroatoms. The number of anilines is 1. The average Bonchev–Trinajstić information content (AvgIpc) is 3.28. The van der Waals surface area contributed by atoms with Crippen LogP contribution in [0.4, 0.5) is 5.69 Å². The van der Waals surface area contributed by atoms with Gasteiger partial charge in [0.1, 0.15) is 5.75 Å². The molecule has 174 valence electrons. The minimum atomic E-state index is -0.0743. The lowest BCUT2D eigenvalue weighted by Gasteiger charge is -2.16. The highest BCUT2D eigenvalue weighted by Gasteiger charge is 2.18. The summed E-state index contributed by atoms with van der Waals surface area (Å²) >= 11 is 1.37. The topological polar surface area (TPSA) is 69.0 Å². The van der Waals surface area contributed by atoms with Crippen molar-refractivity contribution < 1.29 is 9.53 Å². The van der Waals surface area contributed by atoms with Crippen molar-refractivity contribution in [2.24, 2.45) is 0 Å². The Hall–Kier alpha value is -3.58. The number of hydrogen-bond donors (Lipinski definition) is 1. The highest BCUT2D eigenvalue weighted by molar-refractivity contribution is 7.99. The van der Waals surface area contributed by atoms with Crippen LogP contribution in [0.25, 0.3) is 17.1 Å². The first-order valence-corrected chi connectivity index (χ1v) is 12.1. The summed E-state index contributed by atoms with van der Waals surface area (Å²) in [6.45, 7) is 6.27. The Balaban J connectivity index is 1.59. The van der Waals surface area contributed by atoms with Gasteiger partial charge in [0.25, 0.3) is 0 Å². The third-order valence-corrected chi connectivity index (χ3v) is 6.45. The van der Waals surface area contributed by atoms with E-state index in [0.29, 0.717) is 16.9 Å². The van der Waals surface area contributed by atoms with E-state index in [1.807, 2.05) is 78.2 Å². The molecule has 0 bridgehead atoms. The lowest BCUT2D eigenvalue weighted by atomic mass is 9.98. The van der Waals surface area contributed by atoms with Crippen molar-refractivity contribution in [1.29, 1.82) is 0 Å². The second kappa shape index (κ2) is 10.6. The van der Waals surface area contributed by atoms with Crippen molar-refractivity contribution in [2.75, 3.05) is 18.2 Å². The fourth-order valence-electron chi connectivity index (χ4n) is 3.75. The minimum Gasteiger partial charge on any atom is -0.497 e. The molecule has 34 heavy (non-hydrogen) atoms. The number of para-hydroxylation sites is 2. The summed E-state index contributed by atoms with van der Waals surface area (Å²) < 4.78 is 7.26. The Morgan fingerprint density at radius 3 is 2.41 bits per heavy atom. The van der Waals surface area contributed by atoms with Crippen LogP contribution in [-0.4, -0.2) is 33.5 Å². The normalized spacial score (nSPS) is 11.0. The van der Waals surface area contributed by atoms with Gasteiger partial charge in [-0.1, -0.05) is 62.0 Å². The van der Waals surface area contributed by atoms with Crippen molar-refractivity contribution in [3.05, 3.63) is 83.9 Å². The van der Waals surface area contributed by atoms with E-state index in [4.69, 9.17) is 4.74 Å². The van der Waals surface area contributed by atoms with Crippen LogP contribution in [0.5, 0.6) is 5.75 Å². The fraction of sp³-hybridized carbons (Fsp3) is 0.222. The van der Waals surface area contributed by atoms with Gasteiger partial charge in [-0.2, -0.15) is 0 Å². The first kappa shape index (κ1) is 23.6. The van der Waals surface area contributed by atoms with Gasteiger partial charge in [-0.25, -0.2) is 0 Å². The lowest BCUT2D eigenvalue weighted by Crippen LogP contribution is -2.17. The Bertz CT molecular complexity index is 1270. The first-order valence-electron chi connectivity index (χ1n) is 11.2. The summed E-state index contributed by atoms with van der Waals surface area (Å²) in [7, 11) is 1.64. The van der Waals surface area contributed by atoms with E-state index < -0.39 is 0 Å². The number of amides is 1. The Morgan fingerprint density at radius 2 is 1.74 bits per heavy atom. The number of nitrogens with zero attached hydrogens (tertiary/aromatic N) is 3. The van der Waals surface area contributed by atoms with Crippen LogP contribution in [0.1, 0.15) is 30.9 Å². The lowest BCUT2D eigenvalue weighted by molar-refractivity contribution is -0.113. The number of methoxy groups -OCH3 is 1. The summed E-state index contributed by atoms with van der Waals surface area (Å²) in [6, 6.07) is 23.7. The van der Waals surface area contributed by atoms with E-state index in [-0.39, 0.29) is 11.7 Å². The number of ether oxygens (including phenoxy) is 1. The Morgan fingerprint density at radius 1 is 1.00 bits per heavy atom. The molecule has 0 aliphatic carbocycles. The van der Waals surface area contributed by atoms with Gasteiger partial charge < -0.3 is 10.1 Å². The molecule has 0 saturated carbocycles. The standard InChI is InChI=1S/C27H28N4O2S/c1-18(2)23-12-8-9-19(3)25(23)28-24(32)17-34-27-30-29-26(20-13-15-22(33-4)16-14-20)31(27)21-10-6-5-7-11-21/h5-16,18H,17H2,1-4H3,(H,28,32). The molecule has 0 spiro atoms. The minimum absolute atomic E-state index is 0.0743. The molecule has 1 N–H and O–H groups in total. The smallest absolute Gasteiger partial charge is 0.234 e. The summed E-state index contributed by atoms with van der Waals surface area (Å²) in [4.78, 5) is 12.9. The van der Waals surface area contributed by atoms with Gasteiger partial charge in [0.15, 0.2) is 11.0 Å². The number of aromatic nitrogens is 3. The maximum atomic E-state index is 12.9. The number of carbonyl (C=O) groups excluding carboxylic acids is 1. The molecule has 1 heterocycles. The highest BCUT2D eigenvalue weighted by atomic mass is 32.2. The molecule has 0 fully saturated rings. The molecule has 0 radical (unpaired) electrons. The molecule has 3 aromatic carbocycles. The zero-order chi connectivity index (χ0) is 24.1. The van der Waals surface area contributed by atoms with Crippen LogP contribution >= 0.6 is 11.8 Å². The van der Waals surface area contributed by atoms with Crippen LogP contribution < -0.4 is 10.1 Å². The number of nitrogens with one attached hydrogen (secondary N) is 1. The number of benzene rings is 3. The average molecular weight is 473 g/mol. The summed E-state index contributed by atoms with van der Waals surface area (Å²) in [5, 5.41) is 12.6.